The number of hydrogen-bond donors (Lipinski definition) is 1. The molecule has 0 amide bonds. The highest BCUT2D eigenvalue weighted by atomic mass is 31.2. The number of phosphoric ester groups is 1. The molecule has 0 fully saturated rings. The molecule has 1 unspecified atom stereocenters. The molecule has 9 nitrogen and oxygen atoms in total. The van der Waals surface area contributed by atoms with E-state index >= 15 is 0 Å². The summed E-state index contributed by atoms with van der Waals surface area (Å²) < 4.78 is 34.2. The molecule has 1 N–H and O–H groups in total. The van der Waals surface area contributed by atoms with Crippen LogP contribution in [0, 0.1) is 0 Å². The number of carbonyl (C=O) groups excluding carboxylic acids is 2. The fraction of sp³-hybridized carbons (Fsp3) is 0.854. The van der Waals surface area contributed by atoms with Crippen LogP contribution in [0.3, 0.4) is 0 Å². The minimum atomic E-state index is -4.37. The van der Waals surface area contributed by atoms with E-state index in [1.54, 1.807) is 0 Å². The van der Waals surface area contributed by atoms with Gasteiger partial charge >= 0.3 is 19.8 Å². The number of carbonyl (C=O) groups is 2. The van der Waals surface area contributed by atoms with Gasteiger partial charge in [0.15, 0.2) is 6.10 Å². The zero-order valence-corrected chi connectivity index (χ0v) is 34.5. The lowest BCUT2D eigenvalue weighted by atomic mass is 10.0. The molecule has 2 atom stereocenters. The van der Waals surface area contributed by atoms with Crippen molar-refractivity contribution in [2.45, 2.75) is 180 Å². The number of nitrogens with zero attached hydrogens (tertiary/aromatic N) is 1. The normalized spacial score (nSPS) is 13.9. The Kier molecular flexibility index (Phi) is 33.3. The molecular weight excluding hydrogens is 665 g/mol. The number of allylic oxidation sites excluding steroid dienone is 4. The molecule has 0 aromatic rings. The van der Waals surface area contributed by atoms with Crippen LogP contribution in [0.15, 0.2) is 24.3 Å². The molecule has 0 radical (unpaired) electrons. The predicted octanol–water partition coefficient (Wildman–Crippen LogP) is 11.2. The van der Waals surface area contributed by atoms with E-state index in [0.29, 0.717) is 17.4 Å². The summed E-state index contributed by atoms with van der Waals surface area (Å²) in [6.45, 7) is 4.37. The number of rotatable bonds is 37. The molecule has 0 rings (SSSR count). The van der Waals surface area contributed by atoms with Crippen molar-refractivity contribution in [1.29, 1.82) is 0 Å². The van der Waals surface area contributed by atoms with E-state index in [0.717, 1.165) is 57.8 Å². The van der Waals surface area contributed by atoms with Crippen LogP contribution in [0.5, 0.6) is 0 Å². The van der Waals surface area contributed by atoms with Crippen molar-refractivity contribution >= 4 is 19.8 Å². The van der Waals surface area contributed by atoms with Crippen LogP contribution >= 0.6 is 7.82 Å². The maximum Gasteiger partial charge on any atom is 0.472 e. The topological polar surface area (TPSA) is 108 Å². The van der Waals surface area contributed by atoms with Gasteiger partial charge in [-0.15, -0.1) is 0 Å². The summed E-state index contributed by atoms with van der Waals surface area (Å²) in [4.78, 5) is 35.2. The van der Waals surface area contributed by atoms with Gasteiger partial charge in [0.2, 0.25) is 0 Å². The van der Waals surface area contributed by atoms with E-state index in [4.69, 9.17) is 18.5 Å². The van der Waals surface area contributed by atoms with Crippen LogP contribution in [0.25, 0.3) is 0 Å². The quantitative estimate of drug-likeness (QED) is 0.0220. The van der Waals surface area contributed by atoms with Gasteiger partial charge in [-0.3, -0.25) is 18.6 Å². The van der Waals surface area contributed by atoms with Crippen LogP contribution in [0.2, 0.25) is 0 Å². The van der Waals surface area contributed by atoms with Crippen LogP contribution in [-0.4, -0.2) is 74.9 Å². The van der Waals surface area contributed by atoms with E-state index in [9.17, 15) is 19.0 Å². The molecule has 0 heterocycles. The molecule has 0 aliphatic rings. The molecule has 0 saturated heterocycles. The Morgan fingerprint density at radius 3 is 1.59 bits per heavy atom. The summed E-state index contributed by atoms with van der Waals surface area (Å²) in [5.74, 6) is -0.812. The van der Waals surface area contributed by atoms with Gasteiger partial charge in [0.25, 0.3) is 0 Å². The Labute approximate surface area is 313 Å². The fourth-order valence-electron chi connectivity index (χ4n) is 5.45. The van der Waals surface area contributed by atoms with Gasteiger partial charge in [-0.25, -0.2) is 4.57 Å². The zero-order valence-electron chi connectivity index (χ0n) is 33.6. The maximum atomic E-state index is 12.6. The average molecular weight is 745 g/mol. The minimum Gasteiger partial charge on any atom is -0.462 e. The van der Waals surface area contributed by atoms with Gasteiger partial charge < -0.3 is 18.9 Å². The van der Waals surface area contributed by atoms with Crippen molar-refractivity contribution in [3.63, 3.8) is 0 Å². The first-order valence-corrected chi connectivity index (χ1v) is 22.1. The Bertz CT molecular complexity index is 933. The van der Waals surface area contributed by atoms with E-state index in [-0.39, 0.29) is 32.0 Å². The number of ether oxygens (including phenoxy) is 2. The number of likely N-dealkylation sites (N-methyl/N-ethyl adjacent to an activating group) is 1. The number of phosphoric acid groups is 1. The summed E-state index contributed by atoms with van der Waals surface area (Å²) in [7, 11) is 1.47. The highest BCUT2D eigenvalue weighted by molar-refractivity contribution is 7.47. The highest BCUT2D eigenvalue weighted by Crippen LogP contribution is 2.43. The van der Waals surface area contributed by atoms with E-state index in [1.807, 2.05) is 21.1 Å². The molecule has 0 aromatic carbocycles. The van der Waals surface area contributed by atoms with Gasteiger partial charge in [-0.1, -0.05) is 141 Å². The van der Waals surface area contributed by atoms with Gasteiger partial charge in [-0.05, 0) is 44.9 Å². The molecule has 300 valence electrons. The van der Waals surface area contributed by atoms with Crippen LogP contribution in [-0.2, 0) is 32.7 Å². The smallest absolute Gasteiger partial charge is 0.462 e. The monoisotopic (exact) mass is 745 g/mol. The average Bonchev–Trinajstić information content (AvgIpc) is 3.07. The molecule has 0 aromatic heterocycles. The fourth-order valence-corrected chi connectivity index (χ4v) is 6.20. The lowest BCUT2D eigenvalue weighted by Gasteiger charge is -2.24. The predicted molar refractivity (Wildman–Crippen MR) is 211 cm³/mol. The van der Waals surface area contributed by atoms with Gasteiger partial charge in [0.1, 0.15) is 19.8 Å². The first kappa shape index (κ1) is 49.5. The van der Waals surface area contributed by atoms with Crippen LogP contribution in [0.4, 0.5) is 0 Å². The molecule has 10 heteroatoms. The number of esters is 2. The molecule has 0 aliphatic carbocycles. The third-order valence-electron chi connectivity index (χ3n) is 8.73. The van der Waals surface area contributed by atoms with E-state index < -0.39 is 26.5 Å². The number of quaternary nitrogens is 1. The summed E-state index contributed by atoms with van der Waals surface area (Å²) in [5.41, 5.74) is 0. The maximum absolute atomic E-state index is 12.6. The molecule has 0 saturated carbocycles. The lowest BCUT2D eigenvalue weighted by Crippen LogP contribution is -2.37. The van der Waals surface area contributed by atoms with Crippen molar-refractivity contribution in [2.24, 2.45) is 0 Å². The van der Waals surface area contributed by atoms with Crippen LogP contribution < -0.4 is 0 Å². The third-order valence-corrected chi connectivity index (χ3v) is 9.72. The minimum absolute atomic E-state index is 0.0303. The standard InChI is InChI=1S/C41H78NO8P/c1-6-8-10-12-14-16-18-20-21-22-24-26-28-30-32-34-41(44)50-39(38-49-51(45,46)48-36-35-42(3,4)5)37-47-40(43)33-31-29-27-25-23-19-17-15-13-11-9-7-2/h14,16,20-21,39H,6-13,15,17-19,22-38H2,1-5H3/p+1/b16-14-,21-20-/t39-/m1/s1. The van der Waals surface area contributed by atoms with Crippen molar-refractivity contribution in [1.82, 2.24) is 0 Å². The molecule has 0 spiro atoms. The molecular formula is C41H79NO8P+. The molecule has 0 aliphatic heterocycles. The third kappa shape index (κ3) is 38.0. The Balaban J connectivity index is 4.42. The Morgan fingerprint density at radius 2 is 1.06 bits per heavy atom. The Hall–Kier alpha value is -1.51. The van der Waals surface area contributed by atoms with Crippen LogP contribution in [0.1, 0.15) is 174 Å². The SMILES string of the molecule is CCCCC/C=C\C/C=C\CCCCCCCC(=O)O[C@H](COC(=O)CCCCCCCCCCCCCC)COP(=O)(O)OCC[N+](C)(C)C. The summed E-state index contributed by atoms with van der Waals surface area (Å²) in [6.07, 6.45) is 35.0. The second kappa shape index (κ2) is 34.3. The number of hydrogen-bond acceptors (Lipinski definition) is 7. The lowest BCUT2D eigenvalue weighted by molar-refractivity contribution is -0.870. The largest absolute Gasteiger partial charge is 0.472 e. The summed E-state index contributed by atoms with van der Waals surface area (Å²) in [6, 6.07) is 0. The summed E-state index contributed by atoms with van der Waals surface area (Å²) >= 11 is 0. The first-order valence-electron chi connectivity index (χ1n) is 20.6. The molecule has 0 bridgehead atoms. The second-order valence-corrected chi connectivity index (χ2v) is 16.5. The highest BCUT2D eigenvalue weighted by Gasteiger charge is 2.27. The zero-order chi connectivity index (χ0) is 37.9. The number of unbranched alkanes of at least 4 members (excludes halogenated alkanes) is 19. The van der Waals surface area contributed by atoms with E-state index in [2.05, 4.69) is 38.2 Å². The Morgan fingerprint density at radius 1 is 0.608 bits per heavy atom. The summed E-state index contributed by atoms with van der Waals surface area (Å²) in [5, 5.41) is 0. The van der Waals surface area contributed by atoms with Gasteiger partial charge in [-0.2, -0.15) is 0 Å². The van der Waals surface area contributed by atoms with Gasteiger partial charge in [0.05, 0.1) is 27.7 Å². The van der Waals surface area contributed by atoms with Gasteiger partial charge in [0, 0.05) is 12.8 Å². The second-order valence-electron chi connectivity index (χ2n) is 15.0. The first-order chi connectivity index (χ1) is 24.5. The molecule has 51 heavy (non-hydrogen) atoms. The van der Waals surface area contributed by atoms with Crippen molar-refractivity contribution in [3.8, 4) is 0 Å². The van der Waals surface area contributed by atoms with Crippen molar-refractivity contribution in [3.05, 3.63) is 24.3 Å². The van der Waals surface area contributed by atoms with Crippen molar-refractivity contribution in [2.75, 3.05) is 47.5 Å². The van der Waals surface area contributed by atoms with Crippen molar-refractivity contribution < 1.29 is 42.1 Å². The van der Waals surface area contributed by atoms with E-state index in [1.165, 1.54) is 83.5 Å².